The van der Waals surface area contributed by atoms with Gasteiger partial charge in [0.2, 0.25) is 0 Å². The van der Waals surface area contributed by atoms with Gasteiger partial charge in [-0.1, -0.05) is 6.07 Å². The van der Waals surface area contributed by atoms with Crippen molar-refractivity contribution >= 4 is 11.9 Å². The number of ether oxygens (including phenoxy) is 2. The number of fused-ring (bicyclic) bond motifs is 1. The first-order valence-electron chi connectivity index (χ1n) is 7.98. The molecule has 2 heterocycles. The zero-order valence-electron chi connectivity index (χ0n) is 14.7. The molecule has 1 aromatic heterocycles. The van der Waals surface area contributed by atoms with Gasteiger partial charge in [0.25, 0.3) is 0 Å². The summed E-state index contributed by atoms with van der Waals surface area (Å²) in [6.45, 7) is 4.08. The van der Waals surface area contributed by atoms with Crippen molar-refractivity contribution in [2.75, 3.05) is 20.8 Å². The van der Waals surface area contributed by atoms with E-state index in [-0.39, 0.29) is 0 Å². The first-order chi connectivity index (χ1) is 12.4. The molecule has 2 aromatic rings. The minimum atomic E-state index is -1.82. The van der Waals surface area contributed by atoms with Crippen LogP contribution in [0.15, 0.2) is 36.5 Å². The minimum absolute atomic E-state index is 0.781. The summed E-state index contributed by atoms with van der Waals surface area (Å²) in [5, 5.41) is 14.8. The number of aliphatic carboxylic acids is 2. The van der Waals surface area contributed by atoms with Crippen LogP contribution < -0.4 is 9.47 Å². The zero-order valence-corrected chi connectivity index (χ0v) is 14.7. The fraction of sp³-hybridized carbons (Fsp3) is 0.333. The number of rotatable bonds is 4. The molecule has 0 saturated carbocycles. The van der Waals surface area contributed by atoms with Gasteiger partial charge in [0.15, 0.2) is 11.5 Å². The van der Waals surface area contributed by atoms with E-state index in [0.29, 0.717) is 0 Å². The van der Waals surface area contributed by atoms with Crippen molar-refractivity contribution in [1.82, 2.24) is 9.47 Å². The van der Waals surface area contributed by atoms with E-state index >= 15 is 0 Å². The van der Waals surface area contributed by atoms with Gasteiger partial charge in [0.05, 0.1) is 14.2 Å². The molecule has 26 heavy (non-hydrogen) atoms. The molecule has 0 saturated heterocycles. The molecule has 1 aliphatic rings. The topological polar surface area (TPSA) is 101 Å². The van der Waals surface area contributed by atoms with Gasteiger partial charge >= 0.3 is 11.9 Å². The van der Waals surface area contributed by atoms with Crippen LogP contribution in [0.3, 0.4) is 0 Å². The van der Waals surface area contributed by atoms with Crippen molar-refractivity contribution in [3.05, 3.63) is 47.8 Å². The Kier molecular flexibility index (Phi) is 6.62. The van der Waals surface area contributed by atoms with Gasteiger partial charge in [-0.3, -0.25) is 4.90 Å². The summed E-state index contributed by atoms with van der Waals surface area (Å²) in [6, 6.07) is 10.5. The highest BCUT2D eigenvalue weighted by atomic mass is 16.5. The number of aromatic nitrogens is 1. The molecule has 8 heteroatoms. The summed E-state index contributed by atoms with van der Waals surface area (Å²) in [5.74, 6) is -2.07. The maximum absolute atomic E-state index is 9.10. The lowest BCUT2D eigenvalue weighted by atomic mass is 10.1. The van der Waals surface area contributed by atoms with Gasteiger partial charge in [-0.15, -0.1) is 0 Å². The highest BCUT2D eigenvalue weighted by molar-refractivity contribution is 6.27. The van der Waals surface area contributed by atoms with E-state index < -0.39 is 11.9 Å². The van der Waals surface area contributed by atoms with Gasteiger partial charge in [-0.25, -0.2) is 9.59 Å². The van der Waals surface area contributed by atoms with Crippen molar-refractivity contribution in [2.45, 2.75) is 19.6 Å². The molecule has 0 amide bonds. The number of carboxylic acids is 2. The smallest absolute Gasteiger partial charge is 0.414 e. The number of hydrogen-bond acceptors (Lipinski definition) is 5. The molecule has 0 unspecified atom stereocenters. The first kappa shape index (κ1) is 19.3. The predicted octanol–water partition coefficient (Wildman–Crippen LogP) is 1.68. The molecule has 0 atom stereocenters. The molecule has 2 N–H and O–H groups in total. The SMILES string of the molecule is COc1ccc(CN2CCn3cccc3C2)cc1OC.O=C(O)C(=O)O. The van der Waals surface area contributed by atoms with Crippen LogP contribution in [0.5, 0.6) is 11.5 Å². The number of carbonyl (C=O) groups is 2. The van der Waals surface area contributed by atoms with Crippen LogP contribution in [-0.2, 0) is 29.2 Å². The first-order valence-corrected chi connectivity index (χ1v) is 7.98. The maximum Gasteiger partial charge on any atom is 0.414 e. The Balaban J connectivity index is 0.000000352. The Morgan fingerprint density at radius 2 is 1.73 bits per heavy atom. The second-order valence-corrected chi connectivity index (χ2v) is 5.70. The van der Waals surface area contributed by atoms with Gasteiger partial charge in [-0.05, 0) is 29.8 Å². The number of methoxy groups -OCH3 is 2. The molecular formula is C18H22N2O6. The minimum Gasteiger partial charge on any atom is -0.493 e. The fourth-order valence-electron chi connectivity index (χ4n) is 2.74. The van der Waals surface area contributed by atoms with Gasteiger partial charge in [0, 0.05) is 38.1 Å². The Hall–Kier alpha value is -3.00. The summed E-state index contributed by atoms with van der Waals surface area (Å²) in [7, 11) is 3.34. The molecule has 140 valence electrons. The lowest BCUT2D eigenvalue weighted by molar-refractivity contribution is -0.159. The van der Waals surface area contributed by atoms with Crippen LogP contribution in [0.25, 0.3) is 0 Å². The highest BCUT2D eigenvalue weighted by Gasteiger charge is 2.16. The molecule has 1 aliphatic heterocycles. The molecule has 0 spiro atoms. The number of carboxylic acid groups (broad SMARTS) is 2. The zero-order chi connectivity index (χ0) is 19.1. The van der Waals surface area contributed by atoms with Crippen molar-refractivity contribution in [3.63, 3.8) is 0 Å². The Bertz CT molecular complexity index is 759. The molecular weight excluding hydrogens is 340 g/mol. The van der Waals surface area contributed by atoms with Crippen molar-refractivity contribution in [1.29, 1.82) is 0 Å². The predicted molar refractivity (Wildman–Crippen MR) is 93.4 cm³/mol. The fourth-order valence-corrected chi connectivity index (χ4v) is 2.74. The summed E-state index contributed by atoms with van der Waals surface area (Å²) in [4.78, 5) is 20.7. The Labute approximate surface area is 151 Å². The molecule has 3 rings (SSSR count). The third kappa shape index (κ3) is 5.00. The number of nitrogens with zero attached hydrogens (tertiary/aromatic N) is 2. The van der Waals surface area contributed by atoms with E-state index in [9.17, 15) is 0 Å². The second kappa shape index (κ2) is 8.91. The lowest BCUT2D eigenvalue weighted by Gasteiger charge is -2.28. The highest BCUT2D eigenvalue weighted by Crippen LogP contribution is 2.28. The largest absolute Gasteiger partial charge is 0.493 e. The molecule has 8 nitrogen and oxygen atoms in total. The van der Waals surface area contributed by atoms with Gasteiger partial charge in [-0.2, -0.15) is 0 Å². The lowest BCUT2D eigenvalue weighted by Crippen LogP contribution is -2.32. The second-order valence-electron chi connectivity index (χ2n) is 5.70. The van der Waals surface area contributed by atoms with Crippen LogP contribution in [0.2, 0.25) is 0 Å². The standard InChI is InChI=1S/C16H20N2O2.C2H2O4/c1-19-15-6-5-13(10-16(15)20-2)11-17-8-9-18-7-3-4-14(18)12-17;3-1(4)2(5)6/h3-7,10H,8-9,11-12H2,1-2H3;(H,3,4)(H,5,6). The van der Waals surface area contributed by atoms with Crippen molar-refractivity contribution in [2.24, 2.45) is 0 Å². The van der Waals surface area contributed by atoms with Crippen LogP contribution in [0, 0.1) is 0 Å². The van der Waals surface area contributed by atoms with Crippen LogP contribution in [0.4, 0.5) is 0 Å². The summed E-state index contributed by atoms with van der Waals surface area (Å²) < 4.78 is 13.0. The molecule has 0 bridgehead atoms. The molecule has 1 aromatic carbocycles. The van der Waals surface area contributed by atoms with E-state index in [1.807, 2.05) is 6.07 Å². The third-order valence-electron chi connectivity index (χ3n) is 4.00. The van der Waals surface area contributed by atoms with Crippen molar-refractivity contribution in [3.8, 4) is 11.5 Å². The van der Waals surface area contributed by atoms with Crippen LogP contribution in [-0.4, -0.2) is 52.4 Å². The maximum atomic E-state index is 9.10. The summed E-state index contributed by atoms with van der Waals surface area (Å²) in [6.07, 6.45) is 2.16. The average Bonchev–Trinajstić information content (AvgIpc) is 3.09. The molecule has 0 radical (unpaired) electrons. The van der Waals surface area contributed by atoms with Gasteiger partial charge in [0.1, 0.15) is 0 Å². The molecule has 0 aliphatic carbocycles. The van der Waals surface area contributed by atoms with E-state index in [2.05, 4.69) is 39.9 Å². The van der Waals surface area contributed by atoms with E-state index in [0.717, 1.165) is 37.7 Å². The summed E-state index contributed by atoms with van der Waals surface area (Å²) >= 11 is 0. The monoisotopic (exact) mass is 362 g/mol. The van der Waals surface area contributed by atoms with Crippen molar-refractivity contribution < 1.29 is 29.3 Å². The van der Waals surface area contributed by atoms with Crippen LogP contribution >= 0.6 is 0 Å². The number of benzene rings is 1. The van der Waals surface area contributed by atoms with Gasteiger partial charge < -0.3 is 24.3 Å². The Morgan fingerprint density at radius 3 is 2.35 bits per heavy atom. The van der Waals surface area contributed by atoms with Crippen LogP contribution in [0.1, 0.15) is 11.3 Å². The third-order valence-corrected chi connectivity index (χ3v) is 4.00. The normalized spacial score (nSPS) is 13.2. The Morgan fingerprint density at radius 1 is 1.04 bits per heavy atom. The molecule has 0 fully saturated rings. The van der Waals surface area contributed by atoms with E-state index in [1.165, 1.54) is 11.3 Å². The summed E-state index contributed by atoms with van der Waals surface area (Å²) in [5.41, 5.74) is 2.64. The van der Waals surface area contributed by atoms with E-state index in [4.69, 9.17) is 29.3 Å². The van der Waals surface area contributed by atoms with E-state index in [1.54, 1.807) is 14.2 Å². The quantitative estimate of drug-likeness (QED) is 0.798. The average molecular weight is 362 g/mol. The number of hydrogen-bond donors (Lipinski definition) is 2.